The quantitative estimate of drug-likeness (QED) is 0.854. The average Bonchev–Trinajstić information content (AvgIpc) is 3.20. The molecule has 1 aliphatic heterocycles. The van der Waals surface area contributed by atoms with Crippen molar-refractivity contribution in [2.24, 2.45) is 11.8 Å². The Morgan fingerprint density at radius 1 is 1.25 bits per heavy atom. The van der Waals surface area contributed by atoms with Gasteiger partial charge >= 0.3 is 0 Å². The molecule has 0 bridgehead atoms. The van der Waals surface area contributed by atoms with Gasteiger partial charge in [0.1, 0.15) is 0 Å². The average molecular weight is 326 g/mol. The van der Waals surface area contributed by atoms with Crippen molar-refractivity contribution in [1.29, 1.82) is 0 Å². The SMILES string of the molecule is C[C@H](C1CC1)N(C)C(=O)[C@@H]1CC(=O)N(c2ccc3c(c2)CCC3)C1. The topological polar surface area (TPSA) is 40.6 Å². The normalized spacial score (nSPS) is 24.2. The second kappa shape index (κ2) is 5.91. The van der Waals surface area contributed by atoms with Crippen LogP contribution in [0, 0.1) is 11.8 Å². The van der Waals surface area contributed by atoms with Gasteiger partial charge in [0.05, 0.1) is 5.92 Å². The molecule has 2 atom stereocenters. The minimum absolute atomic E-state index is 0.0822. The first kappa shape index (κ1) is 15.7. The Bertz CT molecular complexity index is 680. The summed E-state index contributed by atoms with van der Waals surface area (Å²) in [5.74, 6) is 0.672. The van der Waals surface area contributed by atoms with Crippen molar-refractivity contribution in [2.45, 2.75) is 51.5 Å². The standard InChI is InChI=1S/C20H26N2O2/c1-13(14-6-7-14)21(2)20(24)17-11-19(23)22(12-17)18-9-8-15-4-3-5-16(15)10-18/h8-10,13-14,17H,3-7,11-12H2,1-2H3/t13-,17-/m1/s1. The Morgan fingerprint density at radius 2 is 2.00 bits per heavy atom. The summed E-state index contributed by atoms with van der Waals surface area (Å²) >= 11 is 0. The first-order valence-corrected chi connectivity index (χ1v) is 9.23. The molecule has 0 spiro atoms. The van der Waals surface area contributed by atoms with E-state index in [0.29, 0.717) is 24.9 Å². The summed E-state index contributed by atoms with van der Waals surface area (Å²) < 4.78 is 0. The van der Waals surface area contributed by atoms with Gasteiger partial charge in [-0.2, -0.15) is 0 Å². The molecular formula is C20H26N2O2. The lowest BCUT2D eigenvalue weighted by Gasteiger charge is -2.27. The minimum Gasteiger partial charge on any atom is -0.342 e. The van der Waals surface area contributed by atoms with Crippen molar-refractivity contribution in [3.8, 4) is 0 Å². The number of rotatable bonds is 4. The number of nitrogens with zero attached hydrogens (tertiary/aromatic N) is 2. The highest BCUT2D eigenvalue weighted by Gasteiger charge is 2.40. The predicted molar refractivity (Wildman–Crippen MR) is 93.9 cm³/mol. The molecule has 1 heterocycles. The fourth-order valence-corrected chi connectivity index (χ4v) is 4.23. The number of carbonyl (C=O) groups is 2. The Morgan fingerprint density at radius 3 is 2.75 bits per heavy atom. The molecule has 1 saturated heterocycles. The van der Waals surface area contributed by atoms with Gasteiger partial charge in [-0.3, -0.25) is 9.59 Å². The van der Waals surface area contributed by atoms with E-state index >= 15 is 0 Å². The van der Waals surface area contributed by atoms with Crippen LogP contribution >= 0.6 is 0 Å². The summed E-state index contributed by atoms with van der Waals surface area (Å²) in [6, 6.07) is 6.65. The molecule has 1 aromatic rings. The van der Waals surface area contributed by atoms with Gasteiger partial charge in [-0.15, -0.1) is 0 Å². The number of carbonyl (C=O) groups excluding carboxylic acids is 2. The zero-order valence-corrected chi connectivity index (χ0v) is 14.6. The summed E-state index contributed by atoms with van der Waals surface area (Å²) in [7, 11) is 1.90. The zero-order valence-electron chi connectivity index (χ0n) is 14.6. The summed E-state index contributed by atoms with van der Waals surface area (Å²) in [5.41, 5.74) is 3.75. The third kappa shape index (κ3) is 2.72. The summed E-state index contributed by atoms with van der Waals surface area (Å²) in [4.78, 5) is 29.0. The molecule has 2 fully saturated rings. The van der Waals surface area contributed by atoms with Crippen LogP contribution in [0.25, 0.3) is 0 Å². The van der Waals surface area contributed by atoms with Crippen molar-refractivity contribution in [1.82, 2.24) is 4.90 Å². The number of benzene rings is 1. The van der Waals surface area contributed by atoms with Crippen LogP contribution in [-0.4, -0.2) is 36.3 Å². The summed E-state index contributed by atoms with van der Waals surface area (Å²) in [6.45, 7) is 2.66. The fourth-order valence-electron chi connectivity index (χ4n) is 4.23. The van der Waals surface area contributed by atoms with Crippen LogP contribution in [0.5, 0.6) is 0 Å². The van der Waals surface area contributed by atoms with Crippen LogP contribution in [0.3, 0.4) is 0 Å². The summed E-state index contributed by atoms with van der Waals surface area (Å²) in [5, 5.41) is 0. The van der Waals surface area contributed by atoms with Crippen LogP contribution < -0.4 is 4.90 Å². The molecule has 2 amide bonds. The van der Waals surface area contributed by atoms with Crippen LogP contribution in [0.1, 0.15) is 43.7 Å². The third-order valence-electron chi connectivity index (χ3n) is 6.13. The largest absolute Gasteiger partial charge is 0.342 e. The molecule has 4 rings (SSSR count). The molecule has 0 radical (unpaired) electrons. The monoisotopic (exact) mass is 326 g/mol. The fraction of sp³-hybridized carbons (Fsp3) is 0.600. The van der Waals surface area contributed by atoms with Gasteiger partial charge < -0.3 is 9.80 Å². The van der Waals surface area contributed by atoms with Gasteiger partial charge in [-0.1, -0.05) is 6.07 Å². The summed E-state index contributed by atoms with van der Waals surface area (Å²) in [6.07, 6.45) is 6.26. The molecule has 1 saturated carbocycles. The van der Waals surface area contributed by atoms with Crippen molar-refractivity contribution >= 4 is 17.5 Å². The molecule has 4 nitrogen and oxygen atoms in total. The van der Waals surface area contributed by atoms with E-state index in [1.54, 1.807) is 0 Å². The van der Waals surface area contributed by atoms with Crippen LogP contribution in [0.4, 0.5) is 5.69 Å². The molecule has 24 heavy (non-hydrogen) atoms. The van der Waals surface area contributed by atoms with Gasteiger partial charge in [0.2, 0.25) is 11.8 Å². The highest BCUT2D eigenvalue weighted by molar-refractivity contribution is 6.00. The molecule has 1 aromatic carbocycles. The maximum absolute atomic E-state index is 12.8. The number of aryl methyl sites for hydroxylation is 2. The Kier molecular flexibility index (Phi) is 3.86. The first-order valence-electron chi connectivity index (χ1n) is 9.23. The maximum atomic E-state index is 12.8. The third-order valence-corrected chi connectivity index (χ3v) is 6.13. The van der Waals surface area contributed by atoms with Crippen molar-refractivity contribution in [2.75, 3.05) is 18.5 Å². The van der Waals surface area contributed by atoms with E-state index in [0.717, 1.165) is 18.5 Å². The van der Waals surface area contributed by atoms with Crippen LogP contribution in [0.2, 0.25) is 0 Å². The van der Waals surface area contributed by atoms with Gasteiger partial charge in [0.25, 0.3) is 0 Å². The lowest BCUT2D eigenvalue weighted by atomic mass is 10.1. The second-order valence-corrected chi connectivity index (χ2v) is 7.74. The molecule has 3 aliphatic rings. The lowest BCUT2D eigenvalue weighted by molar-refractivity contribution is -0.136. The van der Waals surface area contributed by atoms with Gasteiger partial charge in [-0.25, -0.2) is 0 Å². The van der Waals surface area contributed by atoms with Gasteiger partial charge in [0, 0.05) is 31.7 Å². The van der Waals surface area contributed by atoms with Crippen molar-refractivity contribution in [3.63, 3.8) is 0 Å². The first-order chi connectivity index (χ1) is 11.5. The highest BCUT2D eigenvalue weighted by Crippen LogP contribution is 2.36. The second-order valence-electron chi connectivity index (χ2n) is 7.74. The van der Waals surface area contributed by atoms with E-state index in [4.69, 9.17) is 0 Å². The molecule has 0 aromatic heterocycles. The number of amides is 2. The minimum atomic E-state index is -0.197. The number of anilines is 1. The van der Waals surface area contributed by atoms with E-state index < -0.39 is 0 Å². The molecule has 2 aliphatic carbocycles. The Balaban J connectivity index is 1.47. The predicted octanol–water partition coefficient (Wildman–Crippen LogP) is 2.79. The van der Waals surface area contributed by atoms with E-state index in [1.165, 1.54) is 30.4 Å². The van der Waals surface area contributed by atoms with Gasteiger partial charge in [0.15, 0.2) is 0 Å². The van der Waals surface area contributed by atoms with E-state index in [1.807, 2.05) is 22.9 Å². The Hall–Kier alpha value is -1.84. The number of hydrogen-bond donors (Lipinski definition) is 0. The molecule has 0 unspecified atom stereocenters. The number of hydrogen-bond acceptors (Lipinski definition) is 2. The van der Waals surface area contributed by atoms with E-state index in [2.05, 4.69) is 19.1 Å². The van der Waals surface area contributed by atoms with Crippen LogP contribution in [0.15, 0.2) is 18.2 Å². The lowest BCUT2D eigenvalue weighted by Crippen LogP contribution is -2.41. The molecular weight excluding hydrogens is 300 g/mol. The maximum Gasteiger partial charge on any atom is 0.228 e. The van der Waals surface area contributed by atoms with Gasteiger partial charge in [-0.05, 0) is 68.2 Å². The molecule has 0 N–H and O–H groups in total. The van der Waals surface area contributed by atoms with Crippen molar-refractivity contribution in [3.05, 3.63) is 29.3 Å². The zero-order chi connectivity index (χ0) is 16.8. The number of fused-ring (bicyclic) bond motifs is 1. The van der Waals surface area contributed by atoms with E-state index in [-0.39, 0.29) is 17.7 Å². The highest BCUT2D eigenvalue weighted by atomic mass is 16.2. The van der Waals surface area contributed by atoms with Crippen molar-refractivity contribution < 1.29 is 9.59 Å². The van der Waals surface area contributed by atoms with Crippen LogP contribution in [-0.2, 0) is 22.4 Å². The van der Waals surface area contributed by atoms with E-state index in [9.17, 15) is 9.59 Å². The molecule has 4 heteroatoms. The smallest absolute Gasteiger partial charge is 0.228 e. The molecule has 128 valence electrons. The Labute approximate surface area is 143 Å².